The summed E-state index contributed by atoms with van der Waals surface area (Å²) >= 11 is 9.32. The van der Waals surface area contributed by atoms with E-state index in [1.54, 1.807) is 60.7 Å². The smallest absolute Gasteiger partial charge is 0.343 e. The van der Waals surface area contributed by atoms with Crippen LogP contribution in [0.2, 0.25) is 5.02 Å². The van der Waals surface area contributed by atoms with Gasteiger partial charge in [0, 0.05) is 21.0 Å². The van der Waals surface area contributed by atoms with Crippen LogP contribution in [0.15, 0.2) is 81.1 Å². The number of carbonyl (C=O) groups excluding carboxylic acids is 1. The summed E-state index contributed by atoms with van der Waals surface area (Å²) in [4.78, 5) is 30.3. The Morgan fingerprint density at radius 3 is 2.58 bits per heavy atom. The molecule has 4 rings (SSSR count). The van der Waals surface area contributed by atoms with Gasteiger partial charge < -0.3 is 4.74 Å². The van der Waals surface area contributed by atoms with E-state index in [1.165, 1.54) is 10.9 Å². The van der Waals surface area contributed by atoms with Crippen LogP contribution in [-0.2, 0) is 0 Å². The molecule has 0 atom stereocenters. The first-order valence-corrected chi connectivity index (χ1v) is 11.3. The van der Waals surface area contributed by atoms with Gasteiger partial charge in [0.05, 0.1) is 22.7 Å². The fourth-order valence-electron chi connectivity index (χ4n) is 3.20. The molecule has 0 saturated carbocycles. The number of aromatic nitrogens is 2. The van der Waals surface area contributed by atoms with Crippen molar-refractivity contribution in [3.05, 3.63) is 104 Å². The number of esters is 1. The normalized spacial score (nSPS) is 11.4. The second kappa shape index (κ2) is 9.68. The molecule has 0 aliphatic carbocycles. The van der Waals surface area contributed by atoms with Crippen LogP contribution in [0.5, 0.6) is 5.75 Å². The Morgan fingerprint density at radius 1 is 1.12 bits per heavy atom. The fourth-order valence-corrected chi connectivity index (χ4v) is 3.71. The number of halogens is 2. The molecule has 0 fully saturated rings. The highest BCUT2D eigenvalue weighted by Gasteiger charge is 2.15. The van der Waals surface area contributed by atoms with Crippen LogP contribution in [0.3, 0.4) is 0 Å². The molecule has 0 bridgehead atoms. The van der Waals surface area contributed by atoms with Crippen LogP contribution >= 0.6 is 27.5 Å². The van der Waals surface area contributed by atoms with Gasteiger partial charge in [0.1, 0.15) is 11.6 Å². The molecule has 0 unspecified atom stereocenters. The third kappa shape index (κ3) is 5.05. The van der Waals surface area contributed by atoms with Gasteiger partial charge in [-0.2, -0.15) is 9.78 Å². The standard InChI is InChI=1S/C25H19BrClN3O3/c1-15(2)23-29-21-6-4-3-5-20(21)24(31)30(23)28-14-17-13-18(26)9-12-22(17)33-25(32)16-7-10-19(27)11-8-16/h3-15H,1-2H3. The van der Waals surface area contributed by atoms with Crippen LogP contribution < -0.4 is 10.3 Å². The molecule has 8 heteroatoms. The first-order valence-electron chi connectivity index (χ1n) is 10.2. The molecule has 0 spiro atoms. The van der Waals surface area contributed by atoms with Gasteiger partial charge in [-0.1, -0.05) is 53.5 Å². The van der Waals surface area contributed by atoms with Crippen LogP contribution in [0, 0.1) is 0 Å². The second-order valence-electron chi connectivity index (χ2n) is 7.58. The molecule has 0 radical (unpaired) electrons. The molecule has 33 heavy (non-hydrogen) atoms. The van der Waals surface area contributed by atoms with E-state index in [0.717, 1.165) is 4.47 Å². The highest BCUT2D eigenvalue weighted by molar-refractivity contribution is 9.10. The van der Waals surface area contributed by atoms with Crippen LogP contribution in [0.1, 0.15) is 41.5 Å². The van der Waals surface area contributed by atoms with Crippen molar-refractivity contribution in [1.82, 2.24) is 9.66 Å². The summed E-state index contributed by atoms with van der Waals surface area (Å²) in [6, 6.07) is 18.7. The third-order valence-corrected chi connectivity index (χ3v) is 5.61. The summed E-state index contributed by atoms with van der Waals surface area (Å²) in [5.41, 5.74) is 1.23. The van der Waals surface area contributed by atoms with Gasteiger partial charge in [0.2, 0.25) is 0 Å². The Kier molecular flexibility index (Phi) is 6.72. The summed E-state index contributed by atoms with van der Waals surface area (Å²) in [7, 11) is 0. The zero-order valence-electron chi connectivity index (χ0n) is 17.8. The summed E-state index contributed by atoms with van der Waals surface area (Å²) in [6.07, 6.45) is 1.49. The predicted octanol–water partition coefficient (Wildman–Crippen LogP) is 6.04. The lowest BCUT2D eigenvalue weighted by Gasteiger charge is -2.12. The molecule has 6 nitrogen and oxygen atoms in total. The van der Waals surface area contributed by atoms with E-state index < -0.39 is 5.97 Å². The Hall–Kier alpha value is -3.29. The molecule has 1 aromatic heterocycles. The van der Waals surface area contributed by atoms with E-state index in [0.29, 0.717) is 38.6 Å². The number of nitrogens with zero attached hydrogens (tertiary/aromatic N) is 3. The van der Waals surface area contributed by atoms with Gasteiger partial charge >= 0.3 is 5.97 Å². The minimum atomic E-state index is -0.531. The zero-order valence-corrected chi connectivity index (χ0v) is 20.2. The molecule has 3 aromatic carbocycles. The Balaban J connectivity index is 1.74. The van der Waals surface area contributed by atoms with E-state index in [9.17, 15) is 9.59 Å². The molecule has 1 heterocycles. The largest absolute Gasteiger partial charge is 0.422 e. The lowest BCUT2D eigenvalue weighted by Crippen LogP contribution is -2.23. The maximum atomic E-state index is 13.1. The highest BCUT2D eigenvalue weighted by Crippen LogP contribution is 2.24. The average molecular weight is 525 g/mol. The molecular weight excluding hydrogens is 506 g/mol. The van der Waals surface area contributed by atoms with Gasteiger partial charge in [-0.3, -0.25) is 4.79 Å². The Morgan fingerprint density at radius 2 is 1.85 bits per heavy atom. The van der Waals surface area contributed by atoms with E-state index in [1.807, 2.05) is 19.9 Å². The Labute approximate surface area is 203 Å². The van der Waals surface area contributed by atoms with Gasteiger partial charge in [0.15, 0.2) is 0 Å². The molecule has 166 valence electrons. The van der Waals surface area contributed by atoms with Gasteiger partial charge in [-0.25, -0.2) is 9.78 Å². The van der Waals surface area contributed by atoms with Crippen molar-refractivity contribution in [2.45, 2.75) is 19.8 Å². The summed E-state index contributed by atoms with van der Waals surface area (Å²) < 4.78 is 7.65. The topological polar surface area (TPSA) is 73.6 Å². The van der Waals surface area contributed by atoms with E-state index in [-0.39, 0.29) is 11.5 Å². The molecule has 0 aliphatic heterocycles. The first-order chi connectivity index (χ1) is 15.8. The highest BCUT2D eigenvalue weighted by atomic mass is 79.9. The van der Waals surface area contributed by atoms with Crippen molar-refractivity contribution in [1.29, 1.82) is 0 Å². The van der Waals surface area contributed by atoms with Crippen molar-refractivity contribution < 1.29 is 9.53 Å². The average Bonchev–Trinajstić information content (AvgIpc) is 2.80. The Bertz CT molecular complexity index is 1430. The second-order valence-corrected chi connectivity index (χ2v) is 8.93. The van der Waals surface area contributed by atoms with Gasteiger partial charge in [0.25, 0.3) is 5.56 Å². The first kappa shape index (κ1) is 22.9. The SMILES string of the molecule is CC(C)c1nc2ccccc2c(=O)n1N=Cc1cc(Br)ccc1OC(=O)c1ccc(Cl)cc1. The zero-order chi connectivity index (χ0) is 23.5. The lowest BCUT2D eigenvalue weighted by atomic mass is 10.2. The monoisotopic (exact) mass is 523 g/mol. The van der Waals surface area contributed by atoms with E-state index in [2.05, 4.69) is 26.0 Å². The molecule has 4 aromatic rings. The molecule has 0 N–H and O–H groups in total. The van der Waals surface area contributed by atoms with Crippen molar-refractivity contribution in [2.75, 3.05) is 0 Å². The molecular formula is C25H19BrClN3O3. The van der Waals surface area contributed by atoms with Crippen LogP contribution in [0.25, 0.3) is 10.9 Å². The fraction of sp³-hybridized carbons (Fsp3) is 0.120. The van der Waals surface area contributed by atoms with Crippen molar-refractivity contribution >= 4 is 50.6 Å². The lowest BCUT2D eigenvalue weighted by molar-refractivity contribution is 0.0734. The van der Waals surface area contributed by atoms with Crippen LogP contribution in [0.4, 0.5) is 0 Å². The molecule has 0 amide bonds. The summed E-state index contributed by atoms with van der Waals surface area (Å²) in [5, 5.41) is 5.43. The van der Waals surface area contributed by atoms with Crippen molar-refractivity contribution in [2.24, 2.45) is 5.10 Å². The maximum Gasteiger partial charge on any atom is 0.343 e. The van der Waals surface area contributed by atoms with E-state index >= 15 is 0 Å². The number of carbonyl (C=O) groups is 1. The predicted molar refractivity (Wildman–Crippen MR) is 134 cm³/mol. The van der Waals surface area contributed by atoms with E-state index in [4.69, 9.17) is 16.3 Å². The minimum Gasteiger partial charge on any atom is -0.422 e. The number of hydrogen-bond acceptors (Lipinski definition) is 5. The summed E-state index contributed by atoms with van der Waals surface area (Å²) in [5.74, 6) is 0.264. The van der Waals surface area contributed by atoms with Gasteiger partial charge in [-0.15, -0.1) is 0 Å². The van der Waals surface area contributed by atoms with Crippen molar-refractivity contribution in [3.8, 4) is 5.75 Å². The molecule has 0 aliphatic rings. The number of ether oxygens (including phenoxy) is 1. The summed E-state index contributed by atoms with van der Waals surface area (Å²) in [6.45, 7) is 3.89. The van der Waals surface area contributed by atoms with Gasteiger partial charge in [-0.05, 0) is 54.6 Å². The quantitative estimate of drug-likeness (QED) is 0.181. The van der Waals surface area contributed by atoms with Crippen molar-refractivity contribution in [3.63, 3.8) is 0 Å². The number of rotatable bonds is 5. The minimum absolute atomic E-state index is 0.0378. The number of hydrogen-bond donors (Lipinski definition) is 0. The molecule has 0 saturated heterocycles. The number of para-hydroxylation sites is 1. The number of benzene rings is 3. The number of fused-ring (bicyclic) bond motifs is 1. The maximum absolute atomic E-state index is 13.1. The van der Waals surface area contributed by atoms with Crippen LogP contribution in [-0.4, -0.2) is 21.8 Å². The third-order valence-electron chi connectivity index (χ3n) is 4.86.